The topological polar surface area (TPSA) is 76.2 Å². The first kappa shape index (κ1) is 15.3. The number of nitrogens with one attached hydrogen (secondary N) is 2. The molecule has 2 heterocycles. The van der Waals surface area contributed by atoms with Crippen molar-refractivity contribution in [2.75, 3.05) is 13.2 Å². The van der Waals surface area contributed by atoms with Gasteiger partial charge in [0.05, 0.1) is 0 Å². The van der Waals surface area contributed by atoms with Gasteiger partial charge in [-0.25, -0.2) is 8.78 Å². The Bertz CT molecular complexity index is 690. The van der Waals surface area contributed by atoms with Crippen LogP contribution in [0.15, 0.2) is 30.3 Å². The van der Waals surface area contributed by atoms with Crippen molar-refractivity contribution in [1.29, 1.82) is 0 Å². The highest BCUT2D eigenvalue weighted by Crippen LogP contribution is 2.31. The molecule has 0 radical (unpaired) electrons. The summed E-state index contributed by atoms with van der Waals surface area (Å²) in [6, 6.07) is 8.39. The van der Waals surface area contributed by atoms with Gasteiger partial charge in [0.25, 0.3) is 12.3 Å². The van der Waals surface area contributed by atoms with Crippen LogP contribution in [0, 0.1) is 0 Å². The predicted octanol–water partition coefficient (Wildman–Crippen LogP) is 2.31. The smallest absolute Gasteiger partial charge is 0.279 e. The zero-order valence-electron chi connectivity index (χ0n) is 12.1. The van der Waals surface area contributed by atoms with Crippen molar-refractivity contribution in [3.8, 4) is 11.5 Å². The van der Waals surface area contributed by atoms with Gasteiger partial charge in [0.2, 0.25) is 0 Å². The molecular weight excluding hydrogens is 308 g/mol. The van der Waals surface area contributed by atoms with Crippen molar-refractivity contribution in [2.24, 2.45) is 0 Å². The van der Waals surface area contributed by atoms with Crippen molar-refractivity contribution in [3.63, 3.8) is 0 Å². The normalized spacial score (nSPS) is 16.4. The molecular formula is C15H15F2N3O3. The van der Waals surface area contributed by atoms with Crippen molar-refractivity contribution in [2.45, 2.75) is 19.0 Å². The van der Waals surface area contributed by atoms with Crippen LogP contribution in [0.5, 0.6) is 11.5 Å². The van der Waals surface area contributed by atoms with E-state index in [9.17, 15) is 13.6 Å². The summed E-state index contributed by atoms with van der Waals surface area (Å²) in [6.07, 6.45) is -2.33. The molecule has 0 spiro atoms. The Hall–Kier alpha value is -2.64. The summed E-state index contributed by atoms with van der Waals surface area (Å²) in [4.78, 5) is 11.8. The van der Waals surface area contributed by atoms with Gasteiger partial charge in [-0.2, -0.15) is 5.10 Å². The van der Waals surface area contributed by atoms with Crippen LogP contribution in [0.3, 0.4) is 0 Å². The van der Waals surface area contributed by atoms with E-state index in [0.29, 0.717) is 31.1 Å². The standard InChI is InChI=1S/C15H15F2N3O3/c16-14(17)10-7-11(20-19-10)15(21)18-6-5-9-8-22-12-3-1-2-4-13(12)23-9/h1-4,7,9,14H,5-6,8H2,(H,18,21)(H,19,20)/t9-/m0/s1. The summed E-state index contributed by atoms with van der Waals surface area (Å²) in [5.74, 6) is 0.859. The summed E-state index contributed by atoms with van der Waals surface area (Å²) < 4.78 is 36.2. The third-order valence-electron chi connectivity index (χ3n) is 3.38. The number of ether oxygens (including phenoxy) is 2. The van der Waals surface area contributed by atoms with Gasteiger partial charge in [-0.1, -0.05) is 12.1 Å². The summed E-state index contributed by atoms with van der Waals surface area (Å²) in [6.45, 7) is 0.719. The van der Waals surface area contributed by atoms with Gasteiger partial charge >= 0.3 is 0 Å². The molecule has 1 aromatic carbocycles. The van der Waals surface area contributed by atoms with Crippen LogP contribution >= 0.6 is 0 Å². The quantitative estimate of drug-likeness (QED) is 0.885. The number of hydrogen-bond donors (Lipinski definition) is 2. The summed E-state index contributed by atoms with van der Waals surface area (Å²) in [7, 11) is 0. The molecule has 1 aromatic heterocycles. The van der Waals surface area contributed by atoms with E-state index in [4.69, 9.17) is 9.47 Å². The molecule has 3 rings (SSSR count). The van der Waals surface area contributed by atoms with Crippen LogP contribution in [0.4, 0.5) is 8.78 Å². The molecule has 0 saturated heterocycles. The highest BCUT2D eigenvalue weighted by molar-refractivity contribution is 5.92. The van der Waals surface area contributed by atoms with E-state index in [-0.39, 0.29) is 17.5 Å². The summed E-state index contributed by atoms with van der Waals surface area (Å²) in [5.41, 5.74) is -0.442. The predicted molar refractivity (Wildman–Crippen MR) is 76.8 cm³/mol. The first-order chi connectivity index (χ1) is 11.1. The third kappa shape index (κ3) is 3.58. The highest BCUT2D eigenvalue weighted by atomic mass is 19.3. The number of carbonyl (C=O) groups is 1. The van der Waals surface area contributed by atoms with E-state index in [1.807, 2.05) is 24.3 Å². The van der Waals surface area contributed by atoms with Crippen LogP contribution in [-0.2, 0) is 0 Å². The van der Waals surface area contributed by atoms with Gasteiger partial charge in [-0.3, -0.25) is 9.89 Å². The van der Waals surface area contributed by atoms with Gasteiger partial charge in [-0.05, 0) is 18.2 Å². The van der Waals surface area contributed by atoms with Crippen molar-refractivity contribution in [3.05, 3.63) is 41.7 Å². The fraction of sp³-hybridized carbons (Fsp3) is 0.333. The Morgan fingerprint density at radius 1 is 1.39 bits per heavy atom. The Morgan fingerprint density at radius 2 is 2.17 bits per heavy atom. The molecule has 1 aliphatic heterocycles. The molecule has 0 bridgehead atoms. The number of benzene rings is 1. The number of amides is 1. The number of H-pyrrole nitrogens is 1. The lowest BCUT2D eigenvalue weighted by Gasteiger charge is -2.26. The minimum atomic E-state index is -2.68. The van der Waals surface area contributed by atoms with Gasteiger partial charge in [-0.15, -0.1) is 0 Å². The Morgan fingerprint density at radius 3 is 2.91 bits per heavy atom. The number of aromatic amines is 1. The maximum atomic E-state index is 12.4. The molecule has 2 N–H and O–H groups in total. The van der Waals surface area contributed by atoms with Gasteiger partial charge in [0.15, 0.2) is 11.5 Å². The maximum Gasteiger partial charge on any atom is 0.279 e. The molecule has 8 heteroatoms. The van der Waals surface area contributed by atoms with Crippen LogP contribution < -0.4 is 14.8 Å². The van der Waals surface area contributed by atoms with Crippen molar-refractivity contribution in [1.82, 2.24) is 15.5 Å². The van der Waals surface area contributed by atoms with Crippen LogP contribution in [0.1, 0.15) is 29.0 Å². The van der Waals surface area contributed by atoms with E-state index >= 15 is 0 Å². The Balaban J connectivity index is 1.47. The number of nitrogens with zero attached hydrogens (tertiary/aromatic N) is 1. The number of rotatable bonds is 5. The van der Waals surface area contributed by atoms with Crippen LogP contribution in [0.25, 0.3) is 0 Å². The van der Waals surface area contributed by atoms with E-state index in [0.717, 1.165) is 6.07 Å². The van der Waals surface area contributed by atoms with Gasteiger partial charge in [0.1, 0.15) is 24.1 Å². The zero-order chi connectivity index (χ0) is 16.2. The molecule has 0 aliphatic carbocycles. The molecule has 1 atom stereocenters. The van der Waals surface area contributed by atoms with E-state index in [2.05, 4.69) is 15.5 Å². The van der Waals surface area contributed by atoms with Gasteiger partial charge < -0.3 is 14.8 Å². The number of para-hydroxylation sites is 2. The number of halogens is 2. The minimum Gasteiger partial charge on any atom is -0.486 e. The molecule has 1 amide bonds. The van der Waals surface area contributed by atoms with Crippen LogP contribution in [0.2, 0.25) is 0 Å². The molecule has 0 unspecified atom stereocenters. The lowest BCUT2D eigenvalue weighted by atomic mass is 10.2. The maximum absolute atomic E-state index is 12.4. The van der Waals surface area contributed by atoms with Crippen LogP contribution in [-0.4, -0.2) is 35.4 Å². The third-order valence-corrected chi connectivity index (χ3v) is 3.38. The number of alkyl halides is 2. The van der Waals surface area contributed by atoms with Crippen molar-refractivity contribution < 1.29 is 23.0 Å². The number of carbonyl (C=O) groups excluding carboxylic acids is 1. The molecule has 6 nitrogen and oxygen atoms in total. The Labute approximate surface area is 130 Å². The summed E-state index contributed by atoms with van der Waals surface area (Å²) >= 11 is 0. The average Bonchev–Trinajstić information content (AvgIpc) is 3.05. The molecule has 122 valence electrons. The molecule has 0 saturated carbocycles. The van der Waals surface area contributed by atoms with E-state index in [1.165, 1.54) is 0 Å². The lowest BCUT2D eigenvalue weighted by molar-refractivity contribution is 0.0811. The first-order valence-electron chi connectivity index (χ1n) is 7.13. The second-order valence-electron chi connectivity index (χ2n) is 5.05. The number of fused-ring (bicyclic) bond motifs is 1. The SMILES string of the molecule is O=C(NCC[C@H]1COc2ccccc2O1)c1cc(C(F)F)[nH]n1. The number of aromatic nitrogens is 2. The monoisotopic (exact) mass is 323 g/mol. The number of hydrogen-bond acceptors (Lipinski definition) is 4. The average molecular weight is 323 g/mol. The van der Waals surface area contributed by atoms with Gasteiger partial charge in [0, 0.05) is 13.0 Å². The molecule has 2 aromatic rings. The first-order valence-corrected chi connectivity index (χ1v) is 7.13. The fourth-order valence-electron chi connectivity index (χ4n) is 2.21. The zero-order valence-corrected chi connectivity index (χ0v) is 12.1. The molecule has 0 fully saturated rings. The fourth-order valence-corrected chi connectivity index (χ4v) is 2.21. The summed E-state index contributed by atoms with van der Waals surface area (Å²) in [5, 5.41) is 8.31. The van der Waals surface area contributed by atoms with E-state index in [1.54, 1.807) is 0 Å². The second kappa shape index (κ2) is 6.64. The van der Waals surface area contributed by atoms with Crippen molar-refractivity contribution >= 4 is 5.91 Å². The molecule has 23 heavy (non-hydrogen) atoms. The second-order valence-corrected chi connectivity index (χ2v) is 5.05. The highest BCUT2D eigenvalue weighted by Gasteiger charge is 2.21. The largest absolute Gasteiger partial charge is 0.486 e. The van der Waals surface area contributed by atoms with E-state index < -0.39 is 12.3 Å². The Kier molecular flexibility index (Phi) is 4.40. The lowest BCUT2D eigenvalue weighted by Crippen LogP contribution is -2.34. The molecule has 1 aliphatic rings. The minimum absolute atomic E-state index is 0.0635.